The third kappa shape index (κ3) is 56.9. The van der Waals surface area contributed by atoms with Crippen molar-refractivity contribution < 1.29 is 28.6 Å². The number of unbranched alkanes of at least 4 members (excludes halogenated alkanes) is 23. The van der Waals surface area contributed by atoms with Crippen LogP contribution in [-0.2, 0) is 28.6 Å². The number of carbonyl (C=O) groups excluding carboxylic acids is 3. The van der Waals surface area contributed by atoms with Crippen LogP contribution in [0.25, 0.3) is 0 Å². The van der Waals surface area contributed by atoms with Crippen molar-refractivity contribution in [3.05, 3.63) is 109 Å². The molecule has 0 rings (SSSR count). The lowest BCUT2D eigenvalue weighted by Gasteiger charge is -2.18. The highest BCUT2D eigenvalue weighted by atomic mass is 16.6. The van der Waals surface area contributed by atoms with Gasteiger partial charge in [0.05, 0.1) is 0 Å². The Morgan fingerprint density at radius 1 is 0.296 bits per heavy atom. The molecule has 0 saturated heterocycles. The van der Waals surface area contributed by atoms with Gasteiger partial charge in [-0.3, -0.25) is 14.4 Å². The van der Waals surface area contributed by atoms with Crippen molar-refractivity contribution >= 4 is 17.9 Å². The Balaban J connectivity index is 4.53. The highest BCUT2D eigenvalue weighted by molar-refractivity contribution is 5.71. The molecule has 0 bridgehead atoms. The van der Waals surface area contributed by atoms with E-state index in [2.05, 4.69) is 130 Å². The highest BCUT2D eigenvalue weighted by Crippen LogP contribution is 2.15. The minimum Gasteiger partial charge on any atom is -0.462 e. The molecule has 0 aliphatic carbocycles. The van der Waals surface area contributed by atoms with E-state index in [1.165, 1.54) is 116 Å². The van der Waals surface area contributed by atoms with Crippen molar-refractivity contribution in [2.24, 2.45) is 0 Å². The summed E-state index contributed by atoms with van der Waals surface area (Å²) < 4.78 is 16.8. The number of hydrogen-bond donors (Lipinski definition) is 0. The molecule has 0 unspecified atom stereocenters. The van der Waals surface area contributed by atoms with Crippen LogP contribution < -0.4 is 0 Å². The van der Waals surface area contributed by atoms with Crippen molar-refractivity contribution in [3.8, 4) is 0 Å². The van der Waals surface area contributed by atoms with Gasteiger partial charge in [0.1, 0.15) is 13.2 Å². The Morgan fingerprint density at radius 2 is 0.563 bits per heavy atom. The summed E-state index contributed by atoms with van der Waals surface area (Å²) in [6, 6.07) is 0. The maximum absolute atomic E-state index is 12.8. The standard InChI is InChI=1S/C65H108O6/c1-4-7-10-13-16-19-22-25-28-31-32-35-37-40-43-46-49-52-55-58-64(67)70-61-62(71-65(68)59-56-53-50-47-44-41-38-34-30-27-24-21-18-15-12-9-6-3)60-69-63(66)57-54-51-48-45-42-39-36-33-29-26-23-20-17-14-11-8-5-2/h9,12,16,18-19,21,25,27-28,30,32,35,38,40-41,43,47,50,62H,4-8,10-11,13-15,17,20,22-24,26,29,31,33-34,36-37,39,42,44-46,48-49,51-61H2,1-3H3/b12-9-,19-16-,21-18-,28-25-,30-27-,35-32-,41-38-,43-40-,50-47-/t62-/m1/s1. The zero-order valence-corrected chi connectivity index (χ0v) is 46.2. The van der Waals surface area contributed by atoms with Gasteiger partial charge >= 0.3 is 17.9 Å². The van der Waals surface area contributed by atoms with Crippen molar-refractivity contribution in [2.75, 3.05) is 13.2 Å². The van der Waals surface area contributed by atoms with Crippen LogP contribution in [0, 0.1) is 0 Å². The molecule has 0 N–H and O–H groups in total. The topological polar surface area (TPSA) is 78.9 Å². The number of carbonyl (C=O) groups is 3. The van der Waals surface area contributed by atoms with Crippen LogP contribution in [-0.4, -0.2) is 37.2 Å². The molecule has 0 aliphatic heterocycles. The van der Waals surface area contributed by atoms with Crippen molar-refractivity contribution in [2.45, 2.75) is 271 Å². The summed E-state index contributed by atoms with van der Waals surface area (Å²) in [5.41, 5.74) is 0. The van der Waals surface area contributed by atoms with Crippen LogP contribution in [0.1, 0.15) is 265 Å². The number of rotatable bonds is 52. The zero-order valence-electron chi connectivity index (χ0n) is 46.2. The average molecular weight is 986 g/mol. The summed E-state index contributed by atoms with van der Waals surface area (Å²) in [7, 11) is 0. The van der Waals surface area contributed by atoms with Gasteiger partial charge in [-0.2, -0.15) is 0 Å². The molecule has 0 spiro atoms. The molecule has 0 aliphatic rings. The Kier molecular flexibility index (Phi) is 55.4. The van der Waals surface area contributed by atoms with Crippen molar-refractivity contribution in [3.63, 3.8) is 0 Å². The summed E-state index contributed by atoms with van der Waals surface area (Å²) in [5, 5.41) is 0. The van der Waals surface area contributed by atoms with Crippen LogP contribution in [0.2, 0.25) is 0 Å². The molecule has 0 aromatic rings. The Labute approximate surface area is 438 Å². The molecule has 6 nitrogen and oxygen atoms in total. The molecule has 0 aromatic heterocycles. The summed E-state index contributed by atoms with van der Waals surface area (Å²) >= 11 is 0. The highest BCUT2D eigenvalue weighted by Gasteiger charge is 2.19. The van der Waals surface area contributed by atoms with Gasteiger partial charge in [0.2, 0.25) is 0 Å². The van der Waals surface area contributed by atoms with Gasteiger partial charge < -0.3 is 14.2 Å². The molecule has 0 heterocycles. The van der Waals surface area contributed by atoms with Gasteiger partial charge in [0, 0.05) is 19.3 Å². The van der Waals surface area contributed by atoms with Gasteiger partial charge in [0.25, 0.3) is 0 Å². The molecule has 0 amide bonds. The summed E-state index contributed by atoms with van der Waals surface area (Å²) in [6.07, 6.45) is 79.4. The largest absolute Gasteiger partial charge is 0.462 e. The zero-order chi connectivity index (χ0) is 51.4. The molecule has 6 heteroatoms. The third-order valence-electron chi connectivity index (χ3n) is 12.3. The smallest absolute Gasteiger partial charge is 0.306 e. The van der Waals surface area contributed by atoms with Gasteiger partial charge in [-0.05, 0) is 103 Å². The van der Waals surface area contributed by atoms with Gasteiger partial charge in [-0.25, -0.2) is 0 Å². The summed E-state index contributed by atoms with van der Waals surface area (Å²) in [4.78, 5) is 38.2. The van der Waals surface area contributed by atoms with Gasteiger partial charge in [-0.15, -0.1) is 0 Å². The predicted octanol–water partition coefficient (Wildman–Crippen LogP) is 19.9. The fourth-order valence-electron chi connectivity index (χ4n) is 7.87. The van der Waals surface area contributed by atoms with Gasteiger partial charge in [0.15, 0.2) is 6.10 Å². The predicted molar refractivity (Wildman–Crippen MR) is 307 cm³/mol. The number of hydrogen-bond acceptors (Lipinski definition) is 6. The molecular weight excluding hydrogens is 877 g/mol. The summed E-state index contributed by atoms with van der Waals surface area (Å²) in [6.45, 7) is 6.44. The molecule has 404 valence electrons. The third-order valence-corrected chi connectivity index (χ3v) is 12.3. The Morgan fingerprint density at radius 3 is 0.930 bits per heavy atom. The number of ether oxygens (including phenoxy) is 3. The SMILES string of the molecule is CC/C=C\C/C=C\C/C=C\C/C=C\C/C=C\CCCC(=O)O[C@@H](COC(=O)CCCCC/C=C\C/C=C\C/C=C\C/C=C\CCCCC)COC(=O)CCCCCCCCCCCCCCCCCCC. The second kappa shape index (κ2) is 58.6. The van der Waals surface area contributed by atoms with E-state index in [0.29, 0.717) is 19.3 Å². The average Bonchev–Trinajstić information content (AvgIpc) is 3.37. The molecule has 0 radical (unpaired) electrons. The molecular formula is C65H108O6. The monoisotopic (exact) mass is 985 g/mol. The minimum atomic E-state index is -0.822. The lowest BCUT2D eigenvalue weighted by Crippen LogP contribution is -2.30. The lowest BCUT2D eigenvalue weighted by atomic mass is 10.0. The first-order valence-electron chi connectivity index (χ1n) is 29.4. The first-order chi connectivity index (χ1) is 35.0. The first kappa shape index (κ1) is 67.1. The van der Waals surface area contributed by atoms with E-state index in [1.54, 1.807) is 0 Å². The first-order valence-corrected chi connectivity index (χ1v) is 29.4. The maximum atomic E-state index is 12.8. The van der Waals surface area contributed by atoms with E-state index in [4.69, 9.17) is 14.2 Å². The van der Waals surface area contributed by atoms with Crippen LogP contribution in [0.15, 0.2) is 109 Å². The van der Waals surface area contributed by atoms with E-state index in [0.717, 1.165) is 103 Å². The normalized spacial score (nSPS) is 12.9. The van der Waals surface area contributed by atoms with Gasteiger partial charge in [-0.1, -0.05) is 252 Å². The molecule has 0 fully saturated rings. The maximum Gasteiger partial charge on any atom is 0.306 e. The molecule has 71 heavy (non-hydrogen) atoms. The second-order valence-corrected chi connectivity index (χ2v) is 19.2. The van der Waals surface area contributed by atoms with Crippen LogP contribution in [0.4, 0.5) is 0 Å². The summed E-state index contributed by atoms with van der Waals surface area (Å²) in [5.74, 6) is -0.998. The molecule has 1 atom stereocenters. The van der Waals surface area contributed by atoms with E-state index in [1.807, 2.05) is 0 Å². The Bertz CT molecular complexity index is 1460. The number of allylic oxidation sites excluding steroid dienone is 18. The molecule has 0 saturated carbocycles. The number of esters is 3. The molecule has 0 aromatic carbocycles. The van der Waals surface area contributed by atoms with E-state index >= 15 is 0 Å². The van der Waals surface area contributed by atoms with Crippen LogP contribution in [0.5, 0.6) is 0 Å². The lowest BCUT2D eigenvalue weighted by molar-refractivity contribution is -0.167. The fraction of sp³-hybridized carbons (Fsp3) is 0.677. The van der Waals surface area contributed by atoms with E-state index in [9.17, 15) is 14.4 Å². The minimum absolute atomic E-state index is 0.110. The van der Waals surface area contributed by atoms with Crippen molar-refractivity contribution in [1.29, 1.82) is 0 Å². The van der Waals surface area contributed by atoms with Crippen molar-refractivity contribution in [1.82, 2.24) is 0 Å². The van der Waals surface area contributed by atoms with Crippen LogP contribution >= 0.6 is 0 Å². The van der Waals surface area contributed by atoms with Crippen LogP contribution in [0.3, 0.4) is 0 Å². The van der Waals surface area contributed by atoms with E-state index < -0.39 is 6.10 Å². The quantitative estimate of drug-likeness (QED) is 0.0261. The fourth-order valence-corrected chi connectivity index (χ4v) is 7.87. The van der Waals surface area contributed by atoms with E-state index in [-0.39, 0.29) is 37.5 Å². The second-order valence-electron chi connectivity index (χ2n) is 19.2. The Hall–Kier alpha value is -3.93.